The Labute approximate surface area is 131 Å². The summed E-state index contributed by atoms with van der Waals surface area (Å²) in [6, 6.07) is 0.191. The number of rotatable bonds is 6. The van der Waals surface area contributed by atoms with Crippen molar-refractivity contribution < 1.29 is 9.53 Å². The molecule has 4 rings (SSSR count). The van der Waals surface area contributed by atoms with Crippen LogP contribution in [0.5, 0.6) is 0 Å². The second-order valence-corrected chi connectivity index (χ2v) is 7.20. The molecule has 1 aromatic heterocycles. The van der Waals surface area contributed by atoms with Crippen LogP contribution in [0.2, 0.25) is 0 Å². The zero-order valence-corrected chi connectivity index (χ0v) is 13.3. The maximum atomic E-state index is 12.6. The minimum atomic E-state index is 0.191. The van der Waals surface area contributed by atoms with Crippen LogP contribution in [0.25, 0.3) is 0 Å². The van der Waals surface area contributed by atoms with Crippen molar-refractivity contribution >= 4 is 5.91 Å². The Morgan fingerprint density at radius 3 is 2.77 bits per heavy atom. The Balaban J connectivity index is 1.46. The van der Waals surface area contributed by atoms with E-state index in [1.165, 1.54) is 18.4 Å². The molecule has 0 unspecified atom stereocenters. The van der Waals surface area contributed by atoms with E-state index in [4.69, 9.17) is 4.74 Å². The summed E-state index contributed by atoms with van der Waals surface area (Å²) in [5.41, 5.74) is 1.20. The fraction of sp³-hybridized carbons (Fsp3) is 0.765. The van der Waals surface area contributed by atoms with Gasteiger partial charge in [-0.1, -0.05) is 0 Å². The largest absolute Gasteiger partial charge is 0.376 e. The number of aromatic nitrogens is 2. The number of hydrogen-bond acceptors (Lipinski definition) is 3. The van der Waals surface area contributed by atoms with E-state index in [1.54, 1.807) is 0 Å². The molecule has 0 aromatic carbocycles. The Bertz CT molecular complexity index is 548. The fourth-order valence-electron chi connectivity index (χ4n) is 3.46. The van der Waals surface area contributed by atoms with Gasteiger partial charge in [0.05, 0.1) is 18.3 Å². The van der Waals surface area contributed by atoms with Crippen LogP contribution < -0.4 is 0 Å². The summed E-state index contributed by atoms with van der Waals surface area (Å²) in [4.78, 5) is 14.7. The van der Waals surface area contributed by atoms with Gasteiger partial charge in [-0.3, -0.25) is 9.48 Å². The molecule has 22 heavy (non-hydrogen) atoms. The van der Waals surface area contributed by atoms with Crippen molar-refractivity contribution in [2.75, 3.05) is 13.2 Å². The molecule has 2 atom stereocenters. The van der Waals surface area contributed by atoms with Crippen molar-refractivity contribution in [3.8, 4) is 0 Å². The van der Waals surface area contributed by atoms with Gasteiger partial charge >= 0.3 is 0 Å². The smallest absolute Gasteiger partial charge is 0.226 e. The van der Waals surface area contributed by atoms with Gasteiger partial charge in [-0.2, -0.15) is 5.10 Å². The van der Waals surface area contributed by atoms with Gasteiger partial charge in [0.1, 0.15) is 0 Å². The van der Waals surface area contributed by atoms with Gasteiger partial charge in [-0.05, 0) is 50.0 Å². The van der Waals surface area contributed by atoms with E-state index < -0.39 is 0 Å². The number of aryl methyl sites for hydroxylation is 1. The second kappa shape index (κ2) is 5.69. The molecule has 3 fully saturated rings. The van der Waals surface area contributed by atoms with Crippen LogP contribution in [0.15, 0.2) is 12.4 Å². The molecule has 120 valence electrons. The topological polar surface area (TPSA) is 47.4 Å². The average Bonchev–Trinajstić information content (AvgIpc) is 3.42. The zero-order chi connectivity index (χ0) is 15.1. The highest BCUT2D eigenvalue weighted by Gasteiger charge is 2.43. The van der Waals surface area contributed by atoms with Crippen LogP contribution in [0.1, 0.15) is 37.7 Å². The minimum Gasteiger partial charge on any atom is -0.376 e. The molecule has 0 N–H and O–H groups in total. The predicted octanol–water partition coefficient (Wildman–Crippen LogP) is 1.77. The SMILES string of the molecule is Cn1cc(C[C@H]2[C@H](OCC3CC3)CCN2C(=O)C2CC2)cn1. The van der Waals surface area contributed by atoms with Crippen LogP contribution >= 0.6 is 0 Å². The lowest BCUT2D eigenvalue weighted by Gasteiger charge is -2.28. The molecule has 1 aromatic rings. The van der Waals surface area contributed by atoms with Crippen LogP contribution in [0.4, 0.5) is 0 Å². The molecule has 0 radical (unpaired) electrons. The van der Waals surface area contributed by atoms with Crippen LogP contribution in [0.3, 0.4) is 0 Å². The molecule has 0 spiro atoms. The van der Waals surface area contributed by atoms with Crippen molar-refractivity contribution in [3.05, 3.63) is 18.0 Å². The van der Waals surface area contributed by atoms with E-state index in [9.17, 15) is 4.79 Å². The summed E-state index contributed by atoms with van der Waals surface area (Å²) in [6.07, 6.45) is 10.8. The Kier molecular flexibility index (Phi) is 3.68. The van der Waals surface area contributed by atoms with E-state index in [2.05, 4.69) is 16.2 Å². The molecule has 5 nitrogen and oxygen atoms in total. The quantitative estimate of drug-likeness (QED) is 0.804. The van der Waals surface area contributed by atoms with Crippen molar-refractivity contribution in [2.24, 2.45) is 18.9 Å². The van der Waals surface area contributed by atoms with E-state index in [-0.39, 0.29) is 12.1 Å². The van der Waals surface area contributed by atoms with Gasteiger partial charge in [0, 0.05) is 32.3 Å². The maximum Gasteiger partial charge on any atom is 0.226 e. The highest BCUT2D eigenvalue weighted by Crippen LogP contribution is 2.36. The van der Waals surface area contributed by atoms with E-state index in [0.717, 1.165) is 44.8 Å². The first-order valence-electron chi connectivity index (χ1n) is 8.60. The molecule has 2 heterocycles. The van der Waals surface area contributed by atoms with E-state index in [0.29, 0.717) is 11.8 Å². The molecule has 5 heteroatoms. The summed E-state index contributed by atoms with van der Waals surface area (Å²) in [5, 5.41) is 4.26. The number of amides is 1. The number of likely N-dealkylation sites (tertiary alicyclic amines) is 1. The van der Waals surface area contributed by atoms with Gasteiger partial charge in [-0.15, -0.1) is 0 Å². The molecule has 0 bridgehead atoms. The molecule has 1 aliphatic heterocycles. The van der Waals surface area contributed by atoms with Gasteiger partial charge in [-0.25, -0.2) is 0 Å². The lowest BCUT2D eigenvalue weighted by Crippen LogP contribution is -2.42. The molecular formula is C17H25N3O2. The van der Waals surface area contributed by atoms with Gasteiger partial charge in [0.2, 0.25) is 5.91 Å². The van der Waals surface area contributed by atoms with Crippen LogP contribution in [-0.4, -0.2) is 45.9 Å². The normalized spacial score (nSPS) is 28.3. The van der Waals surface area contributed by atoms with E-state index >= 15 is 0 Å². The highest BCUT2D eigenvalue weighted by atomic mass is 16.5. The Hall–Kier alpha value is -1.36. The monoisotopic (exact) mass is 303 g/mol. The van der Waals surface area contributed by atoms with Crippen molar-refractivity contribution in [1.29, 1.82) is 0 Å². The first-order valence-corrected chi connectivity index (χ1v) is 8.60. The zero-order valence-electron chi connectivity index (χ0n) is 13.3. The summed E-state index contributed by atoms with van der Waals surface area (Å²) in [7, 11) is 1.94. The summed E-state index contributed by atoms with van der Waals surface area (Å²) >= 11 is 0. The van der Waals surface area contributed by atoms with Gasteiger partial charge in [0.25, 0.3) is 0 Å². The highest BCUT2D eigenvalue weighted by molar-refractivity contribution is 5.81. The van der Waals surface area contributed by atoms with Crippen molar-refractivity contribution in [2.45, 2.75) is 50.7 Å². The molecule has 1 saturated heterocycles. The predicted molar refractivity (Wildman–Crippen MR) is 82.2 cm³/mol. The summed E-state index contributed by atoms with van der Waals surface area (Å²) in [5.74, 6) is 1.41. The third kappa shape index (κ3) is 3.05. The molecular weight excluding hydrogens is 278 g/mol. The molecule has 2 saturated carbocycles. The van der Waals surface area contributed by atoms with Gasteiger partial charge in [0.15, 0.2) is 0 Å². The summed E-state index contributed by atoms with van der Waals surface area (Å²) in [6.45, 7) is 1.73. The number of hydrogen-bond donors (Lipinski definition) is 0. The van der Waals surface area contributed by atoms with Crippen molar-refractivity contribution in [3.63, 3.8) is 0 Å². The number of carbonyl (C=O) groups is 1. The summed E-state index contributed by atoms with van der Waals surface area (Å²) < 4.78 is 8.01. The average molecular weight is 303 g/mol. The number of nitrogens with zero attached hydrogens (tertiary/aromatic N) is 3. The molecule has 3 aliphatic rings. The fourth-order valence-corrected chi connectivity index (χ4v) is 3.46. The minimum absolute atomic E-state index is 0.191. The third-order valence-electron chi connectivity index (χ3n) is 5.14. The second-order valence-electron chi connectivity index (χ2n) is 7.20. The molecule has 2 aliphatic carbocycles. The lowest BCUT2D eigenvalue weighted by atomic mass is 10.0. The van der Waals surface area contributed by atoms with Gasteiger partial charge < -0.3 is 9.64 Å². The maximum absolute atomic E-state index is 12.6. The van der Waals surface area contributed by atoms with Crippen molar-refractivity contribution in [1.82, 2.24) is 14.7 Å². The number of ether oxygens (including phenoxy) is 1. The number of carbonyl (C=O) groups excluding carboxylic acids is 1. The van der Waals surface area contributed by atoms with Crippen LogP contribution in [0, 0.1) is 11.8 Å². The Morgan fingerprint density at radius 2 is 2.14 bits per heavy atom. The first-order chi connectivity index (χ1) is 10.7. The standard InChI is InChI=1S/C17H25N3O2/c1-19-10-13(9-18-19)8-15-16(22-11-12-2-3-12)6-7-20(15)17(21)14-4-5-14/h9-10,12,14-16H,2-8,11H2,1H3/t15-,16+/m0/s1. The molecule has 1 amide bonds. The van der Waals surface area contributed by atoms with Crippen LogP contribution in [-0.2, 0) is 23.0 Å². The third-order valence-corrected chi connectivity index (χ3v) is 5.14. The first kappa shape index (κ1) is 14.2. The Morgan fingerprint density at radius 1 is 1.32 bits per heavy atom. The van der Waals surface area contributed by atoms with E-state index in [1.807, 2.05) is 17.9 Å². The lowest BCUT2D eigenvalue weighted by molar-refractivity contribution is -0.134.